The number of hydrogen-bond acceptors (Lipinski definition) is 8. The molecule has 0 spiro atoms. The van der Waals surface area contributed by atoms with Gasteiger partial charge in [0.2, 0.25) is 5.95 Å². The van der Waals surface area contributed by atoms with Crippen molar-refractivity contribution in [2.75, 3.05) is 72.5 Å². The molecule has 4 heterocycles. The number of nitrogens with zero attached hydrogens (tertiary/aromatic N) is 5. The van der Waals surface area contributed by atoms with Crippen LogP contribution in [-0.2, 0) is 11.3 Å². The lowest BCUT2D eigenvalue weighted by Crippen LogP contribution is -2.47. The number of morpholine rings is 1. The highest BCUT2D eigenvalue weighted by Crippen LogP contribution is 2.26. The summed E-state index contributed by atoms with van der Waals surface area (Å²) in [5.41, 5.74) is 2.21. The van der Waals surface area contributed by atoms with E-state index in [1.165, 1.54) is 5.69 Å². The lowest BCUT2D eigenvalue weighted by atomic mass is 10.2. The molecule has 2 aliphatic heterocycles. The van der Waals surface area contributed by atoms with Gasteiger partial charge in [-0.2, -0.15) is 9.97 Å². The van der Waals surface area contributed by atoms with Gasteiger partial charge in [0.15, 0.2) is 5.11 Å². The highest BCUT2D eigenvalue weighted by Gasteiger charge is 2.22. The number of para-hydroxylation sites is 1. The van der Waals surface area contributed by atoms with Crippen molar-refractivity contribution >= 4 is 52.2 Å². The summed E-state index contributed by atoms with van der Waals surface area (Å²) in [6, 6.07) is 24.0. The van der Waals surface area contributed by atoms with Gasteiger partial charge in [-0.1, -0.05) is 29.8 Å². The molecule has 2 fully saturated rings. The third-order valence-corrected chi connectivity index (χ3v) is 7.70. The monoisotopic (exact) mass is 589 g/mol. The normalized spacial score (nSPS) is 15.6. The van der Waals surface area contributed by atoms with Crippen molar-refractivity contribution in [2.24, 2.45) is 0 Å². The molecule has 0 unspecified atom stereocenters. The first kappa shape index (κ1) is 27.3. The van der Waals surface area contributed by atoms with E-state index in [9.17, 15) is 0 Å². The maximum Gasteiger partial charge on any atom is 0.232 e. The fraction of sp³-hybridized carbons (Fsp3) is 0.300. The summed E-state index contributed by atoms with van der Waals surface area (Å²) in [6.07, 6.45) is 0. The number of nitrogens with one attached hydrogen (secondary N) is 2. The van der Waals surface area contributed by atoms with Crippen molar-refractivity contribution in [2.45, 2.75) is 6.54 Å². The Morgan fingerprint density at radius 3 is 2.17 bits per heavy atom. The van der Waals surface area contributed by atoms with E-state index in [1.54, 1.807) is 0 Å². The smallest absolute Gasteiger partial charge is 0.232 e. The van der Waals surface area contributed by atoms with Crippen molar-refractivity contribution in [3.05, 3.63) is 83.6 Å². The van der Waals surface area contributed by atoms with Crippen LogP contribution >= 0.6 is 23.8 Å². The highest BCUT2D eigenvalue weighted by molar-refractivity contribution is 7.80. The third kappa shape index (κ3) is 6.90. The van der Waals surface area contributed by atoms with Gasteiger partial charge in [-0.15, -0.1) is 0 Å². The van der Waals surface area contributed by atoms with Crippen molar-refractivity contribution < 1.29 is 9.15 Å². The largest absolute Gasteiger partial charge is 0.459 e. The molecule has 212 valence electrons. The third-order valence-electron chi connectivity index (χ3n) is 7.20. The number of furan rings is 1. The molecule has 0 radical (unpaired) electrons. The van der Waals surface area contributed by atoms with Crippen LogP contribution in [0.5, 0.6) is 0 Å². The van der Waals surface area contributed by atoms with Crippen LogP contribution in [0.4, 0.5) is 23.3 Å². The molecule has 9 nitrogen and oxygen atoms in total. The number of benzene rings is 2. The number of halogens is 1. The predicted molar refractivity (Wildman–Crippen MR) is 168 cm³/mol. The molecule has 6 rings (SSSR count). The number of ether oxygens (including phenoxy) is 1. The molecule has 0 saturated carbocycles. The first-order chi connectivity index (χ1) is 20.1. The lowest BCUT2D eigenvalue weighted by molar-refractivity contribution is 0.122. The number of hydrogen-bond donors (Lipinski definition) is 2. The van der Waals surface area contributed by atoms with Crippen molar-refractivity contribution in [3.8, 4) is 11.3 Å². The molecule has 2 aromatic carbocycles. The van der Waals surface area contributed by atoms with Gasteiger partial charge in [-0.05, 0) is 60.7 Å². The van der Waals surface area contributed by atoms with E-state index in [0.717, 1.165) is 68.0 Å². The average molecular weight is 590 g/mol. The van der Waals surface area contributed by atoms with E-state index in [1.807, 2.05) is 36.4 Å². The highest BCUT2D eigenvalue weighted by atomic mass is 35.5. The summed E-state index contributed by atoms with van der Waals surface area (Å²) < 4.78 is 11.6. The number of thiocarbonyl (C=S) groups is 1. The van der Waals surface area contributed by atoms with Gasteiger partial charge in [0.1, 0.15) is 23.2 Å². The van der Waals surface area contributed by atoms with E-state index < -0.39 is 0 Å². The Balaban J connectivity index is 1.12. The predicted octanol–water partition coefficient (Wildman–Crippen LogP) is 5.04. The van der Waals surface area contributed by atoms with Crippen LogP contribution < -0.4 is 25.3 Å². The van der Waals surface area contributed by atoms with Crippen molar-refractivity contribution in [3.63, 3.8) is 0 Å². The Hall–Kier alpha value is -3.86. The van der Waals surface area contributed by atoms with Crippen LogP contribution in [0.3, 0.4) is 0 Å². The van der Waals surface area contributed by atoms with E-state index in [0.29, 0.717) is 35.8 Å². The number of aromatic nitrogens is 2. The molecule has 0 bridgehead atoms. The van der Waals surface area contributed by atoms with Gasteiger partial charge in [0, 0.05) is 61.6 Å². The van der Waals surface area contributed by atoms with Gasteiger partial charge in [-0.3, -0.25) is 0 Å². The second kappa shape index (κ2) is 12.8. The molecule has 2 saturated heterocycles. The fourth-order valence-corrected chi connectivity index (χ4v) is 5.27. The molecule has 41 heavy (non-hydrogen) atoms. The molecule has 0 atom stereocenters. The maximum atomic E-state index is 6.01. The van der Waals surface area contributed by atoms with Crippen LogP contribution in [0.25, 0.3) is 11.3 Å². The molecule has 2 aliphatic rings. The number of anilines is 4. The summed E-state index contributed by atoms with van der Waals surface area (Å²) in [5, 5.41) is 7.53. The van der Waals surface area contributed by atoms with E-state index >= 15 is 0 Å². The van der Waals surface area contributed by atoms with Crippen LogP contribution in [0.1, 0.15) is 5.76 Å². The van der Waals surface area contributed by atoms with E-state index in [4.69, 9.17) is 42.9 Å². The van der Waals surface area contributed by atoms with Gasteiger partial charge in [-0.25, -0.2) is 0 Å². The second-order valence-corrected chi connectivity index (χ2v) is 10.7. The summed E-state index contributed by atoms with van der Waals surface area (Å²) in [6.45, 7) is 6.93. The minimum atomic E-state index is 0.424. The topological polar surface area (TPSA) is 81.9 Å². The average Bonchev–Trinajstić information content (AvgIpc) is 3.50. The molecular weight excluding hydrogens is 558 g/mol. The summed E-state index contributed by atoms with van der Waals surface area (Å²) in [5.74, 6) is 3.76. The van der Waals surface area contributed by atoms with Gasteiger partial charge in [0.05, 0.1) is 19.8 Å². The van der Waals surface area contributed by atoms with E-state index in [2.05, 4.69) is 61.7 Å². The Morgan fingerprint density at radius 2 is 1.46 bits per heavy atom. The van der Waals surface area contributed by atoms with Crippen molar-refractivity contribution in [1.82, 2.24) is 15.3 Å². The molecule has 2 N–H and O–H groups in total. The standard InChI is InChI=1S/C30H32ClN7O2S/c31-23-8-6-22(7-9-23)26-11-10-25(40-26)21-32-30(41)35-29-33-27(20-28(34-29)38-16-18-39-19-17-38)37-14-12-36(13-15-37)24-4-2-1-3-5-24/h1-11,20H,12-19,21H2,(H2,32,33,34,35,41). The van der Waals surface area contributed by atoms with E-state index in [-0.39, 0.29) is 0 Å². The van der Waals surface area contributed by atoms with Gasteiger partial charge >= 0.3 is 0 Å². The quantitative estimate of drug-likeness (QED) is 0.286. The Labute approximate surface area is 250 Å². The SMILES string of the molecule is S=C(NCc1ccc(-c2ccc(Cl)cc2)o1)Nc1nc(N2CCOCC2)cc(N2CCN(c3ccccc3)CC2)n1. The Kier molecular flexibility index (Phi) is 8.50. The zero-order chi connectivity index (χ0) is 28.0. The minimum Gasteiger partial charge on any atom is -0.459 e. The fourth-order valence-electron chi connectivity index (χ4n) is 4.98. The summed E-state index contributed by atoms with van der Waals surface area (Å²) in [7, 11) is 0. The Bertz CT molecular complexity index is 1450. The first-order valence-electron chi connectivity index (χ1n) is 13.8. The Morgan fingerprint density at radius 1 is 0.805 bits per heavy atom. The van der Waals surface area contributed by atoms with Crippen LogP contribution in [-0.4, -0.2) is 67.6 Å². The van der Waals surface area contributed by atoms with Crippen LogP contribution in [0.15, 0.2) is 77.2 Å². The van der Waals surface area contributed by atoms with Crippen LogP contribution in [0.2, 0.25) is 5.02 Å². The maximum absolute atomic E-state index is 6.01. The van der Waals surface area contributed by atoms with Crippen molar-refractivity contribution in [1.29, 1.82) is 0 Å². The first-order valence-corrected chi connectivity index (χ1v) is 14.6. The molecular formula is C30H32ClN7O2S. The van der Waals surface area contributed by atoms with Gasteiger partial charge < -0.3 is 34.5 Å². The zero-order valence-electron chi connectivity index (χ0n) is 22.6. The molecule has 4 aromatic rings. The molecule has 2 aromatic heterocycles. The summed E-state index contributed by atoms with van der Waals surface area (Å²) >= 11 is 11.6. The number of piperazine rings is 1. The molecule has 0 aliphatic carbocycles. The zero-order valence-corrected chi connectivity index (χ0v) is 24.2. The van der Waals surface area contributed by atoms with Gasteiger partial charge in [0.25, 0.3) is 0 Å². The molecule has 0 amide bonds. The molecule has 11 heteroatoms. The number of rotatable bonds is 7. The van der Waals surface area contributed by atoms with Crippen LogP contribution in [0, 0.1) is 0 Å². The summed E-state index contributed by atoms with van der Waals surface area (Å²) in [4.78, 5) is 16.6. The minimum absolute atomic E-state index is 0.424. The lowest BCUT2D eigenvalue weighted by Gasteiger charge is -2.37. The second-order valence-electron chi connectivity index (χ2n) is 9.90.